The van der Waals surface area contributed by atoms with E-state index in [0.717, 1.165) is 35.9 Å². The molecule has 1 atom stereocenters. The summed E-state index contributed by atoms with van der Waals surface area (Å²) >= 11 is 1.60. The van der Waals surface area contributed by atoms with Gasteiger partial charge in [0.25, 0.3) is 0 Å². The fourth-order valence-electron chi connectivity index (χ4n) is 3.03. The molecule has 3 rings (SSSR count). The van der Waals surface area contributed by atoms with Crippen LogP contribution in [-0.2, 0) is 16.1 Å². The Morgan fingerprint density at radius 1 is 1.56 bits per heavy atom. The molecule has 0 aromatic carbocycles. The van der Waals surface area contributed by atoms with E-state index in [1.54, 1.807) is 24.6 Å². The van der Waals surface area contributed by atoms with Crippen LogP contribution >= 0.6 is 35.3 Å². The lowest BCUT2D eigenvalue weighted by molar-refractivity contribution is -0.149. The minimum atomic E-state index is -0.121. The van der Waals surface area contributed by atoms with Gasteiger partial charge >= 0.3 is 5.97 Å². The molecule has 0 amide bonds. The van der Waals surface area contributed by atoms with Gasteiger partial charge in [-0.3, -0.25) is 9.79 Å². The quantitative estimate of drug-likeness (QED) is 0.291. The Kier molecular flexibility index (Phi) is 8.55. The van der Waals surface area contributed by atoms with E-state index >= 15 is 0 Å². The number of likely N-dealkylation sites (tertiary alicyclic amines) is 1. The van der Waals surface area contributed by atoms with Gasteiger partial charge in [0.05, 0.1) is 29.6 Å². The molecule has 1 aliphatic heterocycles. The van der Waals surface area contributed by atoms with Gasteiger partial charge in [0.1, 0.15) is 6.26 Å². The van der Waals surface area contributed by atoms with Gasteiger partial charge < -0.3 is 19.4 Å². The standard InChI is InChI=1S/C18H24N4O3S.HI/c1-3-24-17(23)13-6-4-8-22(11-13)18(19-2)20-10-14-12-25-16(21-14)15-7-5-9-26-15;/h5,7,9,12-13H,3-4,6,8,10-11H2,1-2H3,(H,19,20);1H. The third-order valence-electron chi connectivity index (χ3n) is 4.26. The van der Waals surface area contributed by atoms with Gasteiger partial charge in [-0.2, -0.15) is 0 Å². The summed E-state index contributed by atoms with van der Waals surface area (Å²) in [5, 5.41) is 5.31. The molecule has 2 aromatic heterocycles. The Hall–Kier alpha value is -1.62. The first-order chi connectivity index (χ1) is 12.7. The van der Waals surface area contributed by atoms with E-state index in [-0.39, 0.29) is 35.9 Å². The molecule has 1 fully saturated rings. The number of aromatic nitrogens is 1. The topological polar surface area (TPSA) is 80.0 Å². The molecule has 2 aromatic rings. The second-order valence-electron chi connectivity index (χ2n) is 6.06. The van der Waals surface area contributed by atoms with Gasteiger partial charge in [0, 0.05) is 20.1 Å². The molecule has 0 bridgehead atoms. The number of guanidine groups is 1. The summed E-state index contributed by atoms with van der Waals surface area (Å²) in [4.78, 5) is 24.0. The molecule has 1 aliphatic rings. The van der Waals surface area contributed by atoms with Crippen LogP contribution in [0.2, 0.25) is 0 Å². The fraction of sp³-hybridized carbons (Fsp3) is 0.500. The fourth-order valence-corrected chi connectivity index (χ4v) is 3.68. The first kappa shape index (κ1) is 21.7. The monoisotopic (exact) mass is 504 g/mol. The molecule has 0 aliphatic carbocycles. The highest BCUT2D eigenvalue weighted by Crippen LogP contribution is 2.23. The van der Waals surface area contributed by atoms with Crippen LogP contribution in [0.25, 0.3) is 10.8 Å². The van der Waals surface area contributed by atoms with Crippen molar-refractivity contribution in [2.24, 2.45) is 10.9 Å². The molecule has 3 heterocycles. The maximum atomic E-state index is 12.0. The zero-order valence-electron chi connectivity index (χ0n) is 15.5. The van der Waals surface area contributed by atoms with Crippen molar-refractivity contribution in [3.05, 3.63) is 29.5 Å². The van der Waals surface area contributed by atoms with Crippen LogP contribution in [0.3, 0.4) is 0 Å². The molecule has 0 spiro atoms. The van der Waals surface area contributed by atoms with Crippen LogP contribution in [0.5, 0.6) is 0 Å². The lowest BCUT2D eigenvalue weighted by Crippen LogP contribution is -2.48. The summed E-state index contributed by atoms with van der Waals surface area (Å²) < 4.78 is 10.7. The van der Waals surface area contributed by atoms with E-state index in [1.807, 2.05) is 24.4 Å². The summed E-state index contributed by atoms with van der Waals surface area (Å²) in [6.45, 7) is 4.26. The van der Waals surface area contributed by atoms with Crippen molar-refractivity contribution in [3.63, 3.8) is 0 Å². The number of carbonyl (C=O) groups is 1. The zero-order chi connectivity index (χ0) is 18.4. The van der Waals surface area contributed by atoms with E-state index < -0.39 is 0 Å². The highest BCUT2D eigenvalue weighted by molar-refractivity contribution is 14.0. The molecule has 27 heavy (non-hydrogen) atoms. The number of ether oxygens (including phenoxy) is 1. The average Bonchev–Trinajstić information content (AvgIpc) is 3.34. The second-order valence-corrected chi connectivity index (χ2v) is 7.01. The molecule has 1 N–H and O–H groups in total. The minimum absolute atomic E-state index is 0. The number of hydrogen-bond acceptors (Lipinski definition) is 6. The first-order valence-electron chi connectivity index (χ1n) is 8.81. The largest absolute Gasteiger partial charge is 0.466 e. The molecule has 9 heteroatoms. The summed E-state index contributed by atoms with van der Waals surface area (Å²) in [5.41, 5.74) is 0.813. The Morgan fingerprint density at radius 2 is 2.41 bits per heavy atom. The van der Waals surface area contributed by atoms with Crippen LogP contribution in [0.15, 0.2) is 33.2 Å². The molecule has 7 nitrogen and oxygen atoms in total. The number of piperidine rings is 1. The van der Waals surface area contributed by atoms with Gasteiger partial charge in [-0.25, -0.2) is 4.98 Å². The van der Waals surface area contributed by atoms with Crippen molar-refractivity contribution in [1.82, 2.24) is 15.2 Å². The van der Waals surface area contributed by atoms with E-state index in [0.29, 0.717) is 25.6 Å². The number of esters is 1. The lowest BCUT2D eigenvalue weighted by Gasteiger charge is -2.33. The summed E-state index contributed by atoms with van der Waals surface area (Å²) in [7, 11) is 1.75. The van der Waals surface area contributed by atoms with Gasteiger partial charge in [0.15, 0.2) is 5.96 Å². The van der Waals surface area contributed by atoms with E-state index in [1.165, 1.54) is 0 Å². The molecule has 1 unspecified atom stereocenters. The van der Waals surface area contributed by atoms with Crippen molar-refractivity contribution < 1.29 is 13.9 Å². The molecule has 148 valence electrons. The molecular formula is C18H25IN4O3S. The summed E-state index contributed by atoms with van der Waals surface area (Å²) in [6.07, 6.45) is 3.46. The number of thiophene rings is 1. The predicted molar refractivity (Wildman–Crippen MR) is 116 cm³/mol. The van der Waals surface area contributed by atoms with Crippen LogP contribution < -0.4 is 5.32 Å². The molecule has 0 saturated carbocycles. The van der Waals surface area contributed by atoms with Crippen molar-refractivity contribution in [2.45, 2.75) is 26.3 Å². The lowest BCUT2D eigenvalue weighted by atomic mass is 9.98. The Bertz CT molecular complexity index is 748. The zero-order valence-corrected chi connectivity index (χ0v) is 18.7. The van der Waals surface area contributed by atoms with Crippen molar-refractivity contribution in [1.29, 1.82) is 0 Å². The maximum absolute atomic E-state index is 12.0. The minimum Gasteiger partial charge on any atom is -0.466 e. The van der Waals surface area contributed by atoms with E-state index in [9.17, 15) is 4.79 Å². The van der Waals surface area contributed by atoms with Crippen molar-refractivity contribution in [2.75, 3.05) is 26.7 Å². The SMILES string of the molecule is CCOC(=O)C1CCCN(C(=NC)NCc2coc(-c3cccs3)n2)C1.I. The molecular weight excluding hydrogens is 479 g/mol. The number of aliphatic imine (C=N–C) groups is 1. The Balaban J connectivity index is 0.00000261. The van der Waals surface area contributed by atoms with Gasteiger partial charge in [-0.15, -0.1) is 35.3 Å². The Labute approximate surface area is 180 Å². The number of nitrogens with zero attached hydrogens (tertiary/aromatic N) is 3. The number of rotatable bonds is 5. The van der Waals surface area contributed by atoms with Gasteiger partial charge in [-0.1, -0.05) is 6.07 Å². The van der Waals surface area contributed by atoms with Crippen LogP contribution in [-0.4, -0.2) is 48.6 Å². The van der Waals surface area contributed by atoms with Crippen LogP contribution in [0.1, 0.15) is 25.5 Å². The predicted octanol–water partition coefficient (Wildman–Crippen LogP) is 3.37. The van der Waals surface area contributed by atoms with Crippen LogP contribution in [0.4, 0.5) is 0 Å². The number of oxazole rings is 1. The Morgan fingerprint density at radius 3 is 3.11 bits per heavy atom. The third-order valence-corrected chi connectivity index (χ3v) is 5.12. The normalized spacial score (nSPS) is 17.3. The van der Waals surface area contributed by atoms with E-state index in [2.05, 4.69) is 20.2 Å². The van der Waals surface area contributed by atoms with Crippen molar-refractivity contribution in [3.8, 4) is 10.8 Å². The number of hydrogen-bond donors (Lipinski definition) is 1. The highest BCUT2D eigenvalue weighted by Gasteiger charge is 2.28. The second kappa shape index (κ2) is 10.6. The molecule has 0 radical (unpaired) electrons. The van der Waals surface area contributed by atoms with Gasteiger partial charge in [0.2, 0.25) is 5.89 Å². The molecule has 1 saturated heterocycles. The first-order valence-corrected chi connectivity index (χ1v) is 9.69. The number of nitrogens with one attached hydrogen (secondary N) is 1. The third kappa shape index (κ3) is 5.68. The van der Waals surface area contributed by atoms with E-state index in [4.69, 9.17) is 9.15 Å². The summed E-state index contributed by atoms with van der Waals surface area (Å²) in [6, 6.07) is 3.95. The average molecular weight is 504 g/mol. The van der Waals surface area contributed by atoms with Gasteiger partial charge in [-0.05, 0) is 31.2 Å². The number of halogens is 1. The smallest absolute Gasteiger partial charge is 0.310 e. The summed E-state index contributed by atoms with van der Waals surface area (Å²) in [5.74, 6) is 1.18. The van der Waals surface area contributed by atoms with Crippen molar-refractivity contribution >= 4 is 47.2 Å². The maximum Gasteiger partial charge on any atom is 0.310 e. The number of carbonyl (C=O) groups excluding carboxylic acids is 1. The highest BCUT2D eigenvalue weighted by atomic mass is 127. The van der Waals surface area contributed by atoms with Crippen LogP contribution in [0, 0.1) is 5.92 Å².